The number of nitrogens with zero attached hydrogens (tertiary/aromatic N) is 3. The highest BCUT2D eigenvalue weighted by atomic mass is 19.1. The highest BCUT2D eigenvalue weighted by molar-refractivity contribution is 5.30. The van der Waals surface area contributed by atoms with Gasteiger partial charge < -0.3 is 15.3 Å². The molecule has 0 saturated carbocycles. The highest BCUT2D eigenvalue weighted by Gasteiger charge is 2.20. The largest absolute Gasteiger partial charge is 0.392 e. The number of halogens is 1. The molecule has 3 N–H and O–H groups in total. The summed E-state index contributed by atoms with van der Waals surface area (Å²) < 4.78 is 13.0. The molecular formula is C10H12FN3O3. The molecule has 7 heteroatoms. The van der Waals surface area contributed by atoms with Gasteiger partial charge >= 0.3 is 0 Å². The van der Waals surface area contributed by atoms with E-state index in [-0.39, 0.29) is 18.7 Å². The predicted octanol–water partition coefficient (Wildman–Crippen LogP) is 1.02. The van der Waals surface area contributed by atoms with E-state index in [0.29, 0.717) is 5.56 Å². The zero-order chi connectivity index (χ0) is 12.8. The molecule has 0 aliphatic heterocycles. The van der Waals surface area contributed by atoms with Crippen LogP contribution in [0.15, 0.2) is 23.3 Å². The first-order valence-corrected chi connectivity index (χ1v) is 4.86. The van der Waals surface area contributed by atoms with E-state index in [1.807, 2.05) is 0 Å². The van der Waals surface area contributed by atoms with Crippen LogP contribution in [0.25, 0.3) is 10.4 Å². The molecular weight excluding hydrogens is 229 g/mol. The predicted molar refractivity (Wildman–Crippen MR) is 57.3 cm³/mol. The van der Waals surface area contributed by atoms with Crippen molar-refractivity contribution in [3.63, 3.8) is 0 Å². The van der Waals surface area contributed by atoms with Crippen molar-refractivity contribution >= 4 is 0 Å². The molecule has 0 fully saturated rings. The Morgan fingerprint density at radius 3 is 2.71 bits per heavy atom. The van der Waals surface area contributed by atoms with E-state index in [0.717, 1.165) is 12.1 Å². The van der Waals surface area contributed by atoms with Gasteiger partial charge in [-0.3, -0.25) is 0 Å². The van der Waals surface area contributed by atoms with Crippen LogP contribution in [-0.4, -0.2) is 28.0 Å². The number of hydrogen-bond donors (Lipinski definition) is 3. The Balaban J connectivity index is 2.97. The lowest BCUT2D eigenvalue weighted by Crippen LogP contribution is -2.22. The molecule has 0 bridgehead atoms. The average molecular weight is 241 g/mol. The highest BCUT2D eigenvalue weighted by Crippen LogP contribution is 2.22. The summed E-state index contributed by atoms with van der Waals surface area (Å²) >= 11 is 0. The quantitative estimate of drug-likeness (QED) is 0.406. The van der Waals surface area contributed by atoms with Crippen LogP contribution in [0.3, 0.4) is 0 Å². The Morgan fingerprint density at radius 1 is 1.41 bits per heavy atom. The number of azide groups is 1. The van der Waals surface area contributed by atoms with Gasteiger partial charge in [0.05, 0.1) is 19.3 Å². The van der Waals surface area contributed by atoms with Crippen molar-refractivity contribution in [3.05, 3.63) is 45.6 Å². The summed E-state index contributed by atoms with van der Waals surface area (Å²) in [6, 6.07) is 3.48. The molecule has 2 atom stereocenters. The minimum atomic E-state index is -1.42. The molecule has 0 aromatic heterocycles. The second-order valence-electron chi connectivity index (χ2n) is 3.43. The van der Waals surface area contributed by atoms with E-state index < -0.39 is 18.0 Å². The Morgan fingerprint density at radius 2 is 2.12 bits per heavy atom. The molecule has 0 aliphatic rings. The lowest BCUT2D eigenvalue weighted by molar-refractivity contribution is 0.0230. The van der Waals surface area contributed by atoms with Gasteiger partial charge in [0.1, 0.15) is 11.9 Å². The summed E-state index contributed by atoms with van der Waals surface area (Å²) in [5.41, 5.74) is 8.46. The minimum Gasteiger partial charge on any atom is -0.392 e. The van der Waals surface area contributed by atoms with Gasteiger partial charge in [0, 0.05) is 4.91 Å². The van der Waals surface area contributed by atoms with Gasteiger partial charge in [0.25, 0.3) is 0 Å². The molecule has 0 amide bonds. The third kappa shape index (κ3) is 3.40. The van der Waals surface area contributed by atoms with Gasteiger partial charge in [0.15, 0.2) is 0 Å². The number of hydrogen-bond acceptors (Lipinski definition) is 4. The Kier molecular flexibility index (Phi) is 4.86. The SMILES string of the molecule is [N-]=[N+]=NCC(O)C(O)c1cc(F)ccc1CO. The van der Waals surface area contributed by atoms with E-state index in [4.69, 9.17) is 10.6 Å². The first kappa shape index (κ1) is 13.4. The molecule has 2 unspecified atom stereocenters. The van der Waals surface area contributed by atoms with Crippen LogP contribution >= 0.6 is 0 Å². The van der Waals surface area contributed by atoms with E-state index in [1.54, 1.807) is 0 Å². The van der Waals surface area contributed by atoms with Crippen molar-refractivity contribution in [2.75, 3.05) is 6.54 Å². The van der Waals surface area contributed by atoms with Crippen molar-refractivity contribution in [2.24, 2.45) is 5.11 Å². The molecule has 1 rings (SSSR count). The lowest BCUT2D eigenvalue weighted by Gasteiger charge is -2.18. The zero-order valence-corrected chi connectivity index (χ0v) is 8.86. The van der Waals surface area contributed by atoms with Crippen molar-refractivity contribution in [1.82, 2.24) is 0 Å². The maximum Gasteiger partial charge on any atom is 0.123 e. The molecule has 0 aliphatic carbocycles. The molecule has 1 aromatic rings. The summed E-state index contributed by atoms with van der Waals surface area (Å²) in [6.07, 6.45) is -2.77. The van der Waals surface area contributed by atoms with Gasteiger partial charge in [-0.15, -0.1) is 0 Å². The molecule has 0 saturated heterocycles. The molecule has 0 spiro atoms. The fraction of sp³-hybridized carbons (Fsp3) is 0.400. The van der Waals surface area contributed by atoms with Crippen LogP contribution in [-0.2, 0) is 6.61 Å². The van der Waals surface area contributed by atoms with Crippen LogP contribution in [0.4, 0.5) is 4.39 Å². The Bertz CT molecular complexity index is 435. The van der Waals surface area contributed by atoms with Crippen LogP contribution in [0.2, 0.25) is 0 Å². The number of rotatable bonds is 5. The maximum atomic E-state index is 13.0. The molecule has 0 heterocycles. The molecule has 92 valence electrons. The van der Waals surface area contributed by atoms with Crippen LogP contribution in [0, 0.1) is 5.82 Å². The van der Waals surface area contributed by atoms with Crippen molar-refractivity contribution in [1.29, 1.82) is 0 Å². The molecule has 17 heavy (non-hydrogen) atoms. The van der Waals surface area contributed by atoms with Gasteiger partial charge in [-0.05, 0) is 28.8 Å². The standard InChI is InChI=1S/C10H12FN3O3/c11-7-2-1-6(5-15)8(3-7)10(17)9(16)4-13-14-12/h1-3,9-10,15-17H,4-5H2. The Hall–Kier alpha value is -1.66. The number of benzene rings is 1. The summed E-state index contributed by atoms with van der Waals surface area (Å²) in [4.78, 5) is 2.44. The minimum absolute atomic E-state index is 0.0770. The van der Waals surface area contributed by atoms with Crippen molar-refractivity contribution < 1.29 is 19.7 Å². The third-order valence-electron chi connectivity index (χ3n) is 2.29. The van der Waals surface area contributed by atoms with E-state index >= 15 is 0 Å². The fourth-order valence-electron chi connectivity index (χ4n) is 1.41. The van der Waals surface area contributed by atoms with Crippen molar-refractivity contribution in [2.45, 2.75) is 18.8 Å². The van der Waals surface area contributed by atoms with Crippen molar-refractivity contribution in [3.8, 4) is 0 Å². The summed E-state index contributed by atoms with van der Waals surface area (Å²) in [6.45, 7) is -0.722. The topological polar surface area (TPSA) is 109 Å². The number of aliphatic hydroxyl groups excluding tert-OH is 3. The van der Waals surface area contributed by atoms with Gasteiger partial charge in [-0.1, -0.05) is 11.2 Å². The maximum absolute atomic E-state index is 13.0. The second-order valence-corrected chi connectivity index (χ2v) is 3.43. The molecule has 6 nitrogen and oxygen atoms in total. The summed E-state index contributed by atoms with van der Waals surface area (Å²) in [5, 5.41) is 31.4. The van der Waals surface area contributed by atoms with Gasteiger partial charge in [0.2, 0.25) is 0 Å². The third-order valence-corrected chi connectivity index (χ3v) is 2.29. The van der Waals surface area contributed by atoms with Gasteiger partial charge in [-0.2, -0.15) is 0 Å². The first-order chi connectivity index (χ1) is 8.10. The zero-order valence-electron chi connectivity index (χ0n) is 8.86. The Labute approximate surface area is 96.6 Å². The van der Waals surface area contributed by atoms with Crippen LogP contribution in [0.1, 0.15) is 17.2 Å². The lowest BCUT2D eigenvalue weighted by atomic mass is 9.99. The van der Waals surface area contributed by atoms with E-state index in [9.17, 15) is 14.6 Å². The molecule has 1 aromatic carbocycles. The molecule has 0 radical (unpaired) electrons. The van der Waals surface area contributed by atoms with Gasteiger partial charge in [-0.25, -0.2) is 4.39 Å². The second kappa shape index (κ2) is 6.17. The number of aliphatic hydroxyl groups is 3. The van der Waals surface area contributed by atoms with Crippen LogP contribution < -0.4 is 0 Å². The normalized spacial score (nSPS) is 13.9. The fourth-order valence-corrected chi connectivity index (χ4v) is 1.41. The smallest absolute Gasteiger partial charge is 0.123 e. The first-order valence-electron chi connectivity index (χ1n) is 4.86. The van der Waals surface area contributed by atoms with E-state index in [2.05, 4.69) is 10.0 Å². The average Bonchev–Trinajstić information content (AvgIpc) is 2.34. The van der Waals surface area contributed by atoms with E-state index in [1.165, 1.54) is 6.07 Å². The summed E-state index contributed by atoms with van der Waals surface area (Å²) in [5.74, 6) is -0.591. The monoisotopic (exact) mass is 241 g/mol. The van der Waals surface area contributed by atoms with Crippen LogP contribution in [0.5, 0.6) is 0 Å². The summed E-state index contributed by atoms with van der Waals surface area (Å²) in [7, 11) is 0.